The first kappa shape index (κ1) is 13.9. The lowest BCUT2D eigenvalue weighted by Gasteiger charge is -2.23. The molecule has 1 aromatic carbocycles. The van der Waals surface area contributed by atoms with Crippen molar-refractivity contribution in [2.45, 2.75) is 26.1 Å². The molecule has 0 fully saturated rings. The van der Waals surface area contributed by atoms with E-state index >= 15 is 0 Å². The van der Waals surface area contributed by atoms with Crippen LogP contribution in [0, 0.1) is 11.8 Å². The van der Waals surface area contributed by atoms with Crippen molar-refractivity contribution in [3.8, 4) is 5.75 Å². The van der Waals surface area contributed by atoms with Gasteiger partial charge in [0.15, 0.2) is 0 Å². The third-order valence-electron chi connectivity index (χ3n) is 3.02. The zero-order valence-electron chi connectivity index (χ0n) is 10.1. The van der Waals surface area contributed by atoms with E-state index in [4.69, 9.17) is 16.3 Å². The summed E-state index contributed by atoms with van der Waals surface area (Å²) in [6.07, 6.45) is 0. The lowest BCUT2D eigenvalue weighted by Crippen LogP contribution is -2.11. The summed E-state index contributed by atoms with van der Waals surface area (Å²) >= 11 is 10.0. The molecule has 2 unspecified atom stereocenters. The van der Waals surface area contributed by atoms with Crippen LogP contribution in [0.2, 0.25) is 0 Å². The second-order valence-corrected chi connectivity index (χ2v) is 5.72. The summed E-state index contributed by atoms with van der Waals surface area (Å²) in [5.41, 5.74) is 1.13. The minimum atomic E-state index is 0.0280. The maximum Gasteiger partial charge on any atom is 0.120 e. The Morgan fingerprint density at radius 3 is 2.31 bits per heavy atom. The minimum absolute atomic E-state index is 0.0280. The molecule has 0 aliphatic heterocycles. The summed E-state index contributed by atoms with van der Waals surface area (Å²) < 4.78 is 6.18. The van der Waals surface area contributed by atoms with Crippen LogP contribution in [0.3, 0.4) is 0 Å². The fourth-order valence-electron chi connectivity index (χ4n) is 1.48. The molecule has 0 aromatic heterocycles. The van der Waals surface area contributed by atoms with E-state index in [2.05, 4.69) is 36.7 Å². The molecule has 0 saturated carbocycles. The Bertz CT molecular complexity index is 352. The third kappa shape index (κ3) is 3.14. The predicted octanol–water partition coefficient (Wildman–Crippen LogP) is 5.03. The standard InChI is InChI=1S/C13H18BrClO/c1-8(2)9(3)13(15)11-6-5-10(16-4)7-12(11)14/h5-9,13H,1-4H3. The smallest absolute Gasteiger partial charge is 0.120 e. The SMILES string of the molecule is COc1ccc(C(Cl)C(C)C(C)C)c(Br)c1. The first-order valence-electron chi connectivity index (χ1n) is 5.44. The lowest BCUT2D eigenvalue weighted by molar-refractivity contribution is 0.402. The summed E-state index contributed by atoms with van der Waals surface area (Å²) in [4.78, 5) is 0. The van der Waals surface area contributed by atoms with Crippen molar-refractivity contribution < 1.29 is 4.74 Å². The number of ether oxygens (including phenoxy) is 1. The van der Waals surface area contributed by atoms with Crippen LogP contribution in [0.25, 0.3) is 0 Å². The second-order valence-electron chi connectivity index (χ2n) is 4.39. The average molecular weight is 306 g/mol. The zero-order chi connectivity index (χ0) is 12.3. The molecule has 16 heavy (non-hydrogen) atoms. The first-order chi connectivity index (χ1) is 7.47. The Labute approximate surface area is 111 Å². The molecule has 0 saturated heterocycles. The Hall–Kier alpha value is -0.210. The first-order valence-corrected chi connectivity index (χ1v) is 6.67. The minimum Gasteiger partial charge on any atom is -0.497 e. The van der Waals surface area contributed by atoms with Crippen LogP contribution in [-0.2, 0) is 0 Å². The van der Waals surface area contributed by atoms with E-state index in [0.29, 0.717) is 11.8 Å². The molecule has 1 aromatic rings. The summed E-state index contributed by atoms with van der Waals surface area (Å²) in [6.45, 7) is 6.56. The van der Waals surface area contributed by atoms with Crippen molar-refractivity contribution in [2.75, 3.05) is 7.11 Å². The third-order valence-corrected chi connectivity index (χ3v) is 4.34. The number of hydrogen-bond donors (Lipinski definition) is 0. The van der Waals surface area contributed by atoms with Gasteiger partial charge < -0.3 is 4.74 Å². The highest BCUT2D eigenvalue weighted by Crippen LogP contribution is 2.38. The highest BCUT2D eigenvalue weighted by atomic mass is 79.9. The van der Waals surface area contributed by atoms with Crippen LogP contribution in [0.15, 0.2) is 22.7 Å². The molecule has 0 bridgehead atoms. The van der Waals surface area contributed by atoms with Gasteiger partial charge in [-0.1, -0.05) is 42.8 Å². The Balaban J connectivity index is 2.96. The highest BCUT2D eigenvalue weighted by Gasteiger charge is 2.21. The van der Waals surface area contributed by atoms with E-state index in [1.54, 1.807) is 7.11 Å². The van der Waals surface area contributed by atoms with E-state index in [0.717, 1.165) is 15.8 Å². The van der Waals surface area contributed by atoms with Crippen LogP contribution in [0.1, 0.15) is 31.7 Å². The number of rotatable bonds is 4. The van der Waals surface area contributed by atoms with E-state index in [-0.39, 0.29) is 5.38 Å². The molecular formula is C13H18BrClO. The second kappa shape index (κ2) is 5.92. The predicted molar refractivity (Wildman–Crippen MR) is 73.3 cm³/mol. The van der Waals surface area contributed by atoms with E-state index in [1.807, 2.05) is 18.2 Å². The van der Waals surface area contributed by atoms with Gasteiger partial charge in [0.1, 0.15) is 5.75 Å². The molecule has 0 aliphatic carbocycles. The topological polar surface area (TPSA) is 9.23 Å². The van der Waals surface area contributed by atoms with Crippen LogP contribution >= 0.6 is 27.5 Å². The summed E-state index contributed by atoms with van der Waals surface area (Å²) in [6, 6.07) is 5.93. The molecular weight excluding hydrogens is 287 g/mol. The lowest BCUT2D eigenvalue weighted by atomic mass is 9.90. The van der Waals surface area contributed by atoms with Crippen LogP contribution in [0.4, 0.5) is 0 Å². The zero-order valence-corrected chi connectivity index (χ0v) is 12.5. The number of methoxy groups -OCH3 is 1. The summed E-state index contributed by atoms with van der Waals surface area (Å²) in [5.74, 6) is 1.85. The van der Waals surface area contributed by atoms with Gasteiger partial charge in [-0.05, 0) is 29.5 Å². The average Bonchev–Trinajstić information content (AvgIpc) is 2.26. The fourth-order valence-corrected chi connectivity index (χ4v) is 2.70. The number of halogens is 2. The summed E-state index contributed by atoms with van der Waals surface area (Å²) in [5, 5.41) is 0.0280. The van der Waals surface area contributed by atoms with Crippen molar-refractivity contribution in [2.24, 2.45) is 11.8 Å². The van der Waals surface area contributed by atoms with Crippen molar-refractivity contribution in [3.63, 3.8) is 0 Å². The van der Waals surface area contributed by atoms with E-state index in [1.165, 1.54) is 0 Å². The van der Waals surface area contributed by atoms with E-state index in [9.17, 15) is 0 Å². The molecule has 0 radical (unpaired) electrons. The van der Waals surface area contributed by atoms with Gasteiger partial charge in [-0.25, -0.2) is 0 Å². The van der Waals surface area contributed by atoms with Crippen LogP contribution < -0.4 is 4.74 Å². The van der Waals surface area contributed by atoms with Crippen molar-refractivity contribution >= 4 is 27.5 Å². The van der Waals surface area contributed by atoms with Gasteiger partial charge in [-0.2, -0.15) is 0 Å². The van der Waals surface area contributed by atoms with Gasteiger partial charge >= 0.3 is 0 Å². The van der Waals surface area contributed by atoms with Crippen LogP contribution in [-0.4, -0.2) is 7.11 Å². The molecule has 3 heteroatoms. The monoisotopic (exact) mass is 304 g/mol. The molecule has 2 atom stereocenters. The van der Waals surface area contributed by atoms with Gasteiger partial charge in [0.2, 0.25) is 0 Å². The summed E-state index contributed by atoms with van der Waals surface area (Å²) in [7, 11) is 1.66. The largest absolute Gasteiger partial charge is 0.497 e. The molecule has 1 rings (SSSR count). The maximum absolute atomic E-state index is 6.48. The van der Waals surface area contributed by atoms with Crippen molar-refractivity contribution in [1.29, 1.82) is 0 Å². The van der Waals surface area contributed by atoms with Crippen molar-refractivity contribution in [1.82, 2.24) is 0 Å². The van der Waals surface area contributed by atoms with Gasteiger partial charge in [-0.15, -0.1) is 11.6 Å². The van der Waals surface area contributed by atoms with Gasteiger partial charge in [0, 0.05) is 4.47 Å². The van der Waals surface area contributed by atoms with Crippen molar-refractivity contribution in [3.05, 3.63) is 28.2 Å². The van der Waals surface area contributed by atoms with Gasteiger partial charge in [0.05, 0.1) is 12.5 Å². The molecule has 90 valence electrons. The molecule has 0 N–H and O–H groups in total. The number of benzene rings is 1. The Morgan fingerprint density at radius 2 is 1.88 bits per heavy atom. The molecule has 0 amide bonds. The molecule has 0 aliphatic rings. The molecule has 0 heterocycles. The Morgan fingerprint density at radius 1 is 1.25 bits per heavy atom. The maximum atomic E-state index is 6.48. The Kier molecular flexibility index (Phi) is 5.13. The number of hydrogen-bond acceptors (Lipinski definition) is 1. The van der Waals surface area contributed by atoms with Gasteiger partial charge in [0.25, 0.3) is 0 Å². The number of alkyl halides is 1. The molecule has 1 nitrogen and oxygen atoms in total. The quantitative estimate of drug-likeness (QED) is 0.709. The van der Waals surface area contributed by atoms with E-state index < -0.39 is 0 Å². The fraction of sp³-hybridized carbons (Fsp3) is 0.538. The molecule has 0 spiro atoms. The van der Waals surface area contributed by atoms with Gasteiger partial charge in [-0.3, -0.25) is 0 Å². The normalized spacial score (nSPS) is 14.9. The highest BCUT2D eigenvalue weighted by molar-refractivity contribution is 9.10. The van der Waals surface area contributed by atoms with Crippen LogP contribution in [0.5, 0.6) is 5.75 Å².